The fraction of sp³-hybridized carbons (Fsp3) is 0.179. The molecule has 4 aromatic carbocycles. The average Bonchev–Trinajstić information content (AvgIpc) is 2.85. The number of anilines is 1. The molecule has 0 unspecified atom stereocenters. The van der Waals surface area contributed by atoms with Crippen LogP contribution in [0.4, 0.5) is 5.69 Å². The van der Waals surface area contributed by atoms with Crippen LogP contribution in [0, 0.1) is 6.92 Å². The molecule has 0 aliphatic heterocycles. The second kappa shape index (κ2) is 10.6. The minimum absolute atomic E-state index is 0.225. The average molecular weight is 489 g/mol. The van der Waals surface area contributed by atoms with Crippen molar-refractivity contribution in [2.24, 2.45) is 0 Å². The lowest BCUT2D eigenvalue weighted by Crippen LogP contribution is -2.30. The molecule has 0 aromatic heterocycles. The number of nitrogens with zero attached hydrogens (tertiary/aromatic N) is 1. The van der Waals surface area contributed by atoms with E-state index in [-0.39, 0.29) is 12.5 Å². The van der Waals surface area contributed by atoms with E-state index in [1.165, 1.54) is 10.6 Å². The van der Waals surface area contributed by atoms with E-state index in [1.54, 1.807) is 24.3 Å². The highest BCUT2D eigenvalue weighted by Crippen LogP contribution is 2.25. The van der Waals surface area contributed by atoms with Gasteiger partial charge in [-0.05, 0) is 53.8 Å². The van der Waals surface area contributed by atoms with Crippen molar-refractivity contribution in [2.45, 2.75) is 13.5 Å². The van der Waals surface area contributed by atoms with Gasteiger partial charge >= 0.3 is 0 Å². The van der Waals surface area contributed by atoms with Crippen LogP contribution in [-0.4, -0.2) is 33.7 Å². The number of nitrogens with one attached hydrogen (secondary N) is 1. The first-order valence-corrected chi connectivity index (χ1v) is 13.2. The number of aryl methyl sites for hydroxylation is 1. The molecule has 4 rings (SSSR count). The van der Waals surface area contributed by atoms with Gasteiger partial charge in [-0.2, -0.15) is 0 Å². The van der Waals surface area contributed by atoms with Crippen LogP contribution in [0.5, 0.6) is 5.75 Å². The second-order valence-electron chi connectivity index (χ2n) is 8.32. The lowest BCUT2D eigenvalue weighted by Gasteiger charge is -2.23. The predicted molar refractivity (Wildman–Crippen MR) is 140 cm³/mol. The molecule has 0 atom stereocenters. The number of carbonyl (C=O) groups excluding carboxylic acids is 1. The van der Waals surface area contributed by atoms with E-state index in [0.717, 1.165) is 27.6 Å². The first-order chi connectivity index (χ1) is 16.8. The van der Waals surface area contributed by atoms with Crippen molar-refractivity contribution in [3.05, 3.63) is 108 Å². The number of rotatable bonds is 9. The zero-order chi connectivity index (χ0) is 24.8. The predicted octanol–water partition coefficient (Wildman–Crippen LogP) is 4.92. The van der Waals surface area contributed by atoms with E-state index >= 15 is 0 Å². The fourth-order valence-electron chi connectivity index (χ4n) is 3.87. The van der Waals surface area contributed by atoms with Gasteiger partial charge in [-0.1, -0.05) is 60.7 Å². The Morgan fingerprint density at radius 3 is 2.31 bits per heavy atom. The summed E-state index contributed by atoms with van der Waals surface area (Å²) >= 11 is 0. The summed E-state index contributed by atoms with van der Waals surface area (Å²) < 4.78 is 32.2. The number of amides is 1. The molecule has 0 bridgehead atoms. The summed E-state index contributed by atoms with van der Waals surface area (Å²) in [6.07, 6.45) is 1.18. The van der Waals surface area contributed by atoms with Crippen molar-refractivity contribution in [1.82, 2.24) is 5.32 Å². The lowest BCUT2D eigenvalue weighted by atomic mass is 10.1. The van der Waals surface area contributed by atoms with Crippen molar-refractivity contribution in [3.63, 3.8) is 0 Å². The molecule has 35 heavy (non-hydrogen) atoms. The smallest absolute Gasteiger partial charge is 0.251 e. The summed E-state index contributed by atoms with van der Waals surface area (Å²) in [5, 5.41) is 4.97. The number of ether oxygens (including phenoxy) is 1. The van der Waals surface area contributed by atoms with Gasteiger partial charge in [0.25, 0.3) is 5.91 Å². The first kappa shape index (κ1) is 24.3. The Morgan fingerprint density at radius 2 is 1.57 bits per heavy atom. The van der Waals surface area contributed by atoms with Crippen LogP contribution in [0.15, 0.2) is 91.0 Å². The molecule has 0 heterocycles. The van der Waals surface area contributed by atoms with Gasteiger partial charge in [-0.15, -0.1) is 0 Å². The zero-order valence-electron chi connectivity index (χ0n) is 19.8. The van der Waals surface area contributed by atoms with Crippen molar-refractivity contribution in [3.8, 4) is 5.75 Å². The maximum atomic E-state index is 12.6. The Kier molecular flexibility index (Phi) is 7.36. The Bertz CT molecular complexity index is 1430. The summed E-state index contributed by atoms with van der Waals surface area (Å²) in [6.45, 7) is 2.85. The molecule has 0 aliphatic carbocycles. The van der Waals surface area contributed by atoms with Gasteiger partial charge in [0, 0.05) is 10.9 Å². The molecule has 1 amide bonds. The van der Waals surface area contributed by atoms with Crippen LogP contribution in [0.25, 0.3) is 10.8 Å². The summed E-state index contributed by atoms with van der Waals surface area (Å²) in [6, 6.07) is 28.1. The molecule has 180 valence electrons. The van der Waals surface area contributed by atoms with Gasteiger partial charge in [0.05, 0.1) is 25.0 Å². The highest BCUT2D eigenvalue weighted by molar-refractivity contribution is 7.92. The van der Waals surface area contributed by atoms with E-state index in [0.29, 0.717) is 24.4 Å². The molecule has 0 saturated carbocycles. The topological polar surface area (TPSA) is 75.7 Å². The molecule has 7 heteroatoms. The molecule has 0 spiro atoms. The molecular formula is C28H28N2O4S. The largest absolute Gasteiger partial charge is 0.491 e. The van der Waals surface area contributed by atoms with Gasteiger partial charge < -0.3 is 10.1 Å². The van der Waals surface area contributed by atoms with Crippen LogP contribution >= 0.6 is 0 Å². The van der Waals surface area contributed by atoms with Crippen LogP contribution in [0.3, 0.4) is 0 Å². The van der Waals surface area contributed by atoms with Crippen LogP contribution in [-0.2, 0) is 16.6 Å². The molecule has 0 fully saturated rings. The molecule has 0 radical (unpaired) electrons. The second-order valence-corrected chi connectivity index (χ2v) is 10.2. The van der Waals surface area contributed by atoms with Gasteiger partial charge in [0.1, 0.15) is 12.4 Å². The molecule has 0 saturated heterocycles. The maximum absolute atomic E-state index is 12.6. The number of sulfonamides is 1. The van der Waals surface area contributed by atoms with E-state index in [1.807, 2.05) is 73.7 Å². The number of fused-ring (bicyclic) bond motifs is 1. The van der Waals surface area contributed by atoms with E-state index < -0.39 is 10.0 Å². The molecule has 0 aliphatic rings. The normalized spacial score (nSPS) is 11.3. The summed E-state index contributed by atoms with van der Waals surface area (Å²) in [5.74, 6) is 0.527. The molecule has 1 N–H and O–H groups in total. The summed E-state index contributed by atoms with van der Waals surface area (Å²) in [7, 11) is -3.51. The highest BCUT2D eigenvalue weighted by atomic mass is 32.2. The van der Waals surface area contributed by atoms with Gasteiger partial charge in [-0.25, -0.2) is 8.42 Å². The van der Waals surface area contributed by atoms with Crippen LogP contribution < -0.4 is 14.4 Å². The molecule has 4 aromatic rings. The van der Waals surface area contributed by atoms with Crippen molar-refractivity contribution in [2.75, 3.05) is 23.7 Å². The Morgan fingerprint density at radius 1 is 0.886 bits per heavy atom. The van der Waals surface area contributed by atoms with Crippen LogP contribution in [0.1, 0.15) is 21.5 Å². The van der Waals surface area contributed by atoms with E-state index in [2.05, 4.69) is 5.32 Å². The summed E-state index contributed by atoms with van der Waals surface area (Å²) in [5.41, 5.74) is 2.89. The number of hydrogen-bond donors (Lipinski definition) is 1. The number of carbonyl (C=O) groups is 1. The maximum Gasteiger partial charge on any atom is 0.251 e. The first-order valence-electron chi connectivity index (χ1n) is 11.3. The van der Waals surface area contributed by atoms with E-state index in [9.17, 15) is 13.2 Å². The zero-order valence-corrected chi connectivity index (χ0v) is 20.6. The van der Waals surface area contributed by atoms with Gasteiger partial charge in [-0.3, -0.25) is 9.10 Å². The Hall–Kier alpha value is -3.84. The van der Waals surface area contributed by atoms with E-state index in [4.69, 9.17) is 4.74 Å². The SMILES string of the molecule is Cc1ccccc1CN(c1ccc(C(=O)NCCOc2cccc3ccccc23)cc1)S(C)(=O)=O. The molecular weight excluding hydrogens is 460 g/mol. The minimum atomic E-state index is -3.51. The highest BCUT2D eigenvalue weighted by Gasteiger charge is 2.19. The standard InChI is InChI=1S/C28H28N2O4S/c1-21-8-3-4-10-24(21)20-30(35(2,32)33)25-16-14-23(15-17-25)28(31)29-18-19-34-27-13-7-11-22-9-5-6-12-26(22)27/h3-17H,18-20H2,1-2H3,(H,29,31). The van der Waals surface area contributed by atoms with Gasteiger partial charge in [0.2, 0.25) is 10.0 Å². The minimum Gasteiger partial charge on any atom is -0.491 e. The third-order valence-corrected chi connectivity index (χ3v) is 6.93. The van der Waals surface area contributed by atoms with Gasteiger partial charge in [0.15, 0.2) is 0 Å². The third kappa shape index (κ3) is 6.00. The van der Waals surface area contributed by atoms with Crippen molar-refractivity contribution in [1.29, 1.82) is 0 Å². The van der Waals surface area contributed by atoms with Crippen LogP contribution in [0.2, 0.25) is 0 Å². The summed E-state index contributed by atoms with van der Waals surface area (Å²) in [4.78, 5) is 12.6. The quantitative estimate of drug-likeness (QED) is 0.339. The fourth-order valence-corrected chi connectivity index (χ4v) is 4.75. The van der Waals surface area contributed by atoms with Crippen molar-refractivity contribution >= 4 is 32.4 Å². The van der Waals surface area contributed by atoms with Crippen molar-refractivity contribution < 1.29 is 17.9 Å². The lowest BCUT2D eigenvalue weighted by molar-refractivity contribution is 0.0947. The Balaban J connectivity index is 1.37. The Labute approximate surface area is 206 Å². The number of benzene rings is 4. The monoisotopic (exact) mass is 488 g/mol. The molecule has 6 nitrogen and oxygen atoms in total. The number of hydrogen-bond acceptors (Lipinski definition) is 4. The third-order valence-electron chi connectivity index (χ3n) is 5.79.